The van der Waals surface area contributed by atoms with Gasteiger partial charge < -0.3 is 20.9 Å². The van der Waals surface area contributed by atoms with Gasteiger partial charge in [-0.15, -0.1) is 0 Å². The number of amides is 1. The van der Waals surface area contributed by atoms with Gasteiger partial charge in [0.05, 0.1) is 24.0 Å². The van der Waals surface area contributed by atoms with Crippen LogP contribution in [0.5, 0.6) is 5.75 Å². The number of aliphatic hydroxyl groups is 1. The average Bonchev–Trinajstić information content (AvgIpc) is 2.93. The van der Waals surface area contributed by atoms with E-state index in [0.29, 0.717) is 18.0 Å². The zero-order valence-corrected chi connectivity index (χ0v) is 23.8. The Kier molecular flexibility index (Phi) is 10.2. The molecule has 0 radical (unpaired) electrons. The second-order valence-corrected chi connectivity index (χ2v) is 12.2. The lowest BCUT2D eigenvalue weighted by atomic mass is 9.97. The second-order valence-electron chi connectivity index (χ2n) is 10.5. The summed E-state index contributed by atoms with van der Waals surface area (Å²) >= 11 is 0. The van der Waals surface area contributed by atoms with Crippen molar-refractivity contribution >= 4 is 21.6 Å². The molecule has 0 spiro atoms. The van der Waals surface area contributed by atoms with Gasteiger partial charge in [-0.3, -0.25) is 4.79 Å². The van der Waals surface area contributed by atoms with E-state index >= 15 is 0 Å². The maximum atomic E-state index is 12.7. The van der Waals surface area contributed by atoms with Crippen LogP contribution in [0.2, 0.25) is 0 Å². The van der Waals surface area contributed by atoms with E-state index < -0.39 is 22.0 Å². The fourth-order valence-electron chi connectivity index (χ4n) is 4.93. The summed E-state index contributed by atoms with van der Waals surface area (Å²) in [6, 6.07) is 20.8. The maximum absolute atomic E-state index is 12.7. The van der Waals surface area contributed by atoms with Gasteiger partial charge in [-0.1, -0.05) is 48.9 Å². The maximum Gasteiger partial charge on any atom is 0.268 e. The molecule has 1 fully saturated rings. The highest BCUT2D eigenvalue weighted by atomic mass is 32.2. The van der Waals surface area contributed by atoms with Gasteiger partial charge in [-0.25, -0.2) is 13.1 Å². The zero-order chi connectivity index (χ0) is 28.5. The van der Waals surface area contributed by atoms with Crippen molar-refractivity contribution in [1.29, 1.82) is 0 Å². The van der Waals surface area contributed by atoms with Crippen molar-refractivity contribution in [2.75, 3.05) is 25.1 Å². The standard InChI is InChI=1S/C31H39N3O5S/c1-40(37,38)34-31(36)28-18-15-25(20-30(28)39-27-7-3-2-4-8-27)23-11-9-22(10-12-23)6-5-19-33-21-29(35)24-13-16-26(32)17-14-24/h9-18,20,27,29,33,35H,2-8,19,21,32H2,1H3,(H,34,36)/t29-/m1/s1. The Balaban J connectivity index is 1.35. The first-order chi connectivity index (χ1) is 19.2. The van der Waals surface area contributed by atoms with Crippen LogP contribution in [0.15, 0.2) is 66.7 Å². The van der Waals surface area contributed by atoms with E-state index in [4.69, 9.17) is 10.5 Å². The highest BCUT2D eigenvalue weighted by molar-refractivity contribution is 7.89. The molecule has 0 bridgehead atoms. The number of aryl methyl sites for hydroxylation is 1. The van der Waals surface area contributed by atoms with Crippen LogP contribution in [0.4, 0.5) is 5.69 Å². The number of ether oxygens (including phenoxy) is 1. The first-order valence-electron chi connectivity index (χ1n) is 13.8. The third kappa shape index (κ3) is 8.81. The van der Waals surface area contributed by atoms with Crippen molar-refractivity contribution in [1.82, 2.24) is 10.0 Å². The molecule has 214 valence electrons. The summed E-state index contributed by atoms with van der Waals surface area (Å²) in [7, 11) is -3.69. The molecule has 1 atom stereocenters. The molecule has 40 heavy (non-hydrogen) atoms. The van der Waals surface area contributed by atoms with Gasteiger partial charge in [0.1, 0.15) is 5.75 Å². The number of benzene rings is 3. The molecule has 1 saturated carbocycles. The predicted molar refractivity (Wildman–Crippen MR) is 159 cm³/mol. The number of anilines is 1. The van der Waals surface area contributed by atoms with E-state index in [-0.39, 0.29) is 11.7 Å². The van der Waals surface area contributed by atoms with Crippen molar-refractivity contribution in [2.24, 2.45) is 0 Å². The number of hydrogen-bond acceptors (Lipinski definition) is 7. The quantitative estimate of drug-likeness (QED) is 0.187. The summed E-state index contributed by atoms with van der Waals surface area (Å²) in [5.41, 5.74) is 10.5. The summed E-state index contributed by atoms with van der Waals surface area (Å²) in [6.07, 6.45) is 7.39. The summed E-state index contributed by atoms with van der Waals surface area (Å²) in [5, 5.41) is 13.6. The first kappa shape index (κ1) is 29.6. The molecule has 0 heterocycles. The molecule has 0 saturated heterocycles. The lowest BCUT2D eigenvalue weighted by molar-refractivity contribution is 0.0969. The molecule has 3 aromatic carbocycles. The summed E-state index contributed by atoms with van der Waals surface area (Å²) in [5.74, 6) is -0.285. The van der Waals surface area contributed by atoms with E-state index in [1.54, 1.807) is 18.2 Å². The van der Waals surface area contributed by atoms with Crippen LogP contribution in [0, 0.1) is 0 Å². The molecule has 4 rings (SSSR count). The first-order valence-corrected chi connectivity index (χ1v) is 15.7. The van der Waals surface area contributed by atoms with Crippen molar-refractivity contribution in [3.63, 3.8) is 0 Å². The van der Waals surface area contributed by atoms with Crippen LogP contribution in [-0.2, 0) is 16.4 Å². The number of nitrogens with one attached hydrogen (secondary N) is 2. The fraction of sp³-hybridized carbons (Fsp3) is 0.387. The predicted octanol–water partition coefficient (Wildman–Crippen LogP) is 4.59. The molecule has 5 N–H and O–H groups in total. The molecule has 0 aromatic heterocycles. The van der Waals surface area contributed by atoms with E-state index in [9.17, 15) is 18.3 Å². The van der Waals surface area contributed by atoms with Gasteiger partial charge >= 0.3 is 0 Å². The van der Waals surface area contributed by atoms with E-state index in [1.165, 1.54) is 12.0 Å². The number of nitrogens with two attached hydrogens (primary N) is 1. The normalized spacial score (nSPS) is 14.9. The van der Waals surface area contributed by atoms with Crippen LogP contribution in [0.3, 0.4) is 0 Å². The largest absolute Gasteiger partial charge is 0.490 e. The molecular formula is C31H39N3O5S. The summed E-state index contributed by atoms with van der Waals surface area (Å²) < 4.78 is 31.6. The molecular weight excluding hydrogens is 526 g/mol. The number of sulfonamides is 1. The minimum atomic E-state index is -3.69. The summed E-state index contributed by atoms with van der Waals surface area (Å²) in [6.45, 7) is 1.26. The monoisotopic (exact) mass is 565 g/mol. The Hall–Kier alpha value is -3.40. The van der Waals surface area contributed by atoms with Gasteiger partial charge in [0.2, 0.25) is 10.0 Å². The number of carbonyl (C=O) groups excluding carboxylic acids is 1. The smallest absolute Gasteiger partial charge is 0.268 e. The van der Waals surface area contributed by atoms with Crippen molar-refractivity contribution < 1.29 is 23.1 Å². The topological polar surface area (TPSA) is 131 Å². The van der Waals surface area contributed by atoms with Gasteiger partial charge in [-0.05, 0) is 91.6 Å². The fourth-order valence-corrected chi connectivity index (χ4v) is 5.38. The Morgan fingerprint density at radius 1 is 1.00 bits per heavy atom. The average molecular weight is 566 g/mol. The Morgan fingerprint density at radius 2 is 1.68 bits per heavy atom. The van der Waals surface area contributed by atoms with Crippen LogP contribution < -0.4 is 20.5 Å². The SMILES string of the molecule is CS(=O)(=O)NC(=O)c1ccc(-c2ccc(CCCNC[C@@H](O)c3ccc(N)cc3)cc2)cc1OC1CCCCC1. The van der Waals surface area contributed by atoms with Crippen molar-refractivity contribution in [2.45, 2.75) is 57.2 Å². The molecule has 1 amide bonds. The Labute approximate surface area is 237 Å². The van der Waals surface area contributed by atoms with E-state index in [1.807, 2.05) is 36.4 Å². The number of nitrogen functional groups attached to an aromatic ring is 1. The number of carbonyl (C=O) groups is 1. The Morgan fingerprint density at radius 3 is 2.35 bits per heavy atom. The highest BCUT2D eigenvalue weighted by Crippen LogP contribution is 2.31. The van der Waals surface area contributed by atoms with Gasteiger partial charge in [0, 0.05) is 12.2 Å². The summed E-state index contributed by atoms with van der Waals surface area (Å²) in [4.78, 5) is 12.7. The van der Waals surface area contributed by atoms with Gasteiger partial charge in [0.25, 0.3) is 5.91 Å². The number of hydrogen-bond donors (Lipinski definition) is 4. The number of aliphatic hydroxyl groups excluding tert-OH is 1. The van der Waals surface area contributed by atoms with Crippen LogP contribution >= 0.6 is 0 Å². The molecule has 1 aliphatic rings. The lowest BCUT2D eigenvalue weighted by Crippen LogP contribution is -2.30. The van der Waals surface area contributed by atoms with Crippen molar-refractivity contribution in [3.05, 3.63) is 83.4 Å². The van der Waals surface area contributed by atoms with Crippen LogP contribution in [-0.4, -0.2) is 44.9 Å². The molecule has 1 aliphatic carbocycles. The van der Waals surface area contributed by atoms with E-state index in [2.05, 4.69) is 22.2 Å². The third-order valence-corrected chi connectivity index (χ3v) is 7.67. The van der Waals surface area contributed by atoms with Crippen LogP contribution in [0.1, 0.15) is 66.1 Å². The minimum absolute atomic E-state index is 0.0115. The van der Waals surface area contributed by atoms with Crippen LogP contribution in [0.25, 0.3) is 11.1 Å². The Bertz CT molecular complexity index is 1370. The molecule has 9 heteroatoms. The zero-order valence-electron chi connectivity index (χ0n) is 22.9. The van der Waals surface area contributed by atoms with Gasteiger partial charge in [-0.2, -0.15) is 0 Å². The third-order valence-electron chi connectivity index (χ3n) is 7.12. The van der Waals surface area contributed by atoms with Crippen molar-refractivity contribution in [3.8, 4) is 16.9 Å². The molecule has 0 unspecified atom stereocenters. The minimum Gasteiger partial charge on any atom is -0.490 e. The lowest BCUT2D eigenvalue weighted by Gasteiger charge is -2.24. The number of rotatable bonds is 12. The highest BCUT2D eigenvalue weighted by Gasteiger charge is 2.21. The molecule has 3 aromatic rings. The van der Waals surface area contributed by atoms with Gasteiger partial charge in [0.15, 0.2) is 0 Å². The molecule has 8 nitrogen and oxygen atoms in total. The molecule has 0 aliphatic heterocycles. The second kappa shape index (κ2) is 13.8. The van der Waals surface area contributed by atoms with E-state index in [0.717, 1.165) is 68.0 Å².